The quantitative estimate of drug-likeness (QED) is 0.430. The van der Waals surface area contributed by atoms with Crippen LogP contribution >= 0.6 is 0 Å². The zero-order valence-electron chi connectivity index (χ0n) is 18.7. The van der Waals surface area contributed by atoms with Crippen LogP contribution in [-0.2, 0) is 13.0 Å². The average Bonchev–Trinajstić information content (AvgIpc) is 3.43. The first kappa shape index (κ1) is 20.1. The van der Waals surface area contributed by atoms with Gasteiger partial charge in [-0.25, -0.2) is 4.98 Å². The number of benzene rings is 2. The van der Waals surface area contributed by atoms with Crippen LogP contribution in [0.3, 0.4) is 0 Å². The van der Waals surface area contributed by atoms with Gasteiger partial charge in [0, 0.05) is 23.6 Å². The minimum Gasteiger partial charge on any atom is -0.497 e. The maximum absolute atomic E-state index is 13.2. The number of fused-ring (bicyclic) bond motifs is 4. The van der Waals surface area contributed by atoms with Crippen molar-refractivity contribution in [3.8, 4) is 16.9 Å². The Morgan fingerprint density at radius 2 is 1.91 bits per heavy atom. The molecule has 0 spiro atoms. The Kier molecular flexibility index (Phi) is 4.61. The second-order valence-corrected chi connectivity index (χ2v) is 8.15. The van der Waals surface area contributed by atoms with Crippen molar-refractivity contribution in [1.29, 1.82) is 0 Å². The fourth-order valence-electron chi connectivity index (χ4n) is 4.40. The van der Waals surface area contributed by atoms with E-state index in [1.165, 1.54) is 0 Å². The van der Waals surface area contributed by atoms with Gasteiger partial charge in [0.1, 0.15) is 12.1 Å². The second kappa shape index (κ2) is 7.80. The summed E-state index contributed by atoms with van der Waals surface area (Å²) < 4.78 is 8.52. The normalized spacial score (nSPS) is 11.6. The molecular formula is C25H21N7O2. The minimum atomic E-state index is -0.244. The molecule has 168 valence electrons. The summed E-state index contributed by atoms with van der Waals surface area (Å²) in [5.41, 5.74) is 5.72. The predicted octanol–water partition coefficient (Wildman–Crippen LogP) is 3.54. The molecule has 2 aromatic carbocycles. The molecule has 4 heterocycles. The van der Waals surface area contributed by atoms with Crippen molar-refractivity contribution in [2.75, 3.05) is 7.11 Å². The summed E-state index contributed by atoms with van der Waals surface area (Å²) in [6.45, 7) is 2.37. The monoisotopic (exact) mass is 451 g/mol. The Balaban J connectivity index is 1.38. The third kappa shape index (κ3) is 3.13. The number of aryl methyl sites for hydroxylation is 3. The van der Waals surface area contributed by atoms with E-state index in [9.17, 15) is 4.79 Å². The second-order valence-electron chi connectivity index (χ2n) is 8.15. The predicted molar refractivity (Wildman–Crippen MR) is 129 cm³/mol. The highest BCUT2D eigenvalue weighted by atomic mass is 16.5. The molecular weight excluding hydrogens is 430 g/mol. The molecule has 4 aromatic heterocycles. The van der Waals surface area contributed by atoms with Gasteiger partial charge in [-0.3, -0.25) is 9.36 Å². The van der Waals surface area contributed by atoms with E-state index in [2.05, 4.69) is 25.3 Å². The molecule has 6 rings (SSSR count). The number of methoxy groups -OCH3 is 1. The van der Waals surface area contributed by atoms with Crippen LogP contribution in [0, 0.1) is 6.92 Å². The van der Waals surface area contributed by atoms with Crippen LogP contribution in [-0.4, -0.2) is 41.5 Å². The highest BCUT2D eigenvalue weighted by molar-refractivity contribution is 5.85. The first-order valence-electron chi connectivity index (χ1n) is 10.9. The van der Waals surface area contributed by atoms with E-state index in [1.807, 2.05) is 61.7 Å². The summed E-state index contributed by atoms with van der Waals surface area (Å²) in [6.07, 6.45) is 4.17. The van der Waals surface area contributed by atoms with Crippen LogP contribution in [0.25, 0.3) is 38.8 Å². The zero-order valence-corrected chi connectivity index (χ0v) is 18.7. The Bertz CT molecular complexity index is 1730. The summed E-state index contributed by atoms with van der Waals surface area (Å²) >= 11 is 0. The average molecular weight is 451 g/mol. The Morgan fingerprint density at radius 1 is 1.06 bits per heavy atom. The van der Waals surface area contributed by atoms with Crippen molar-refractivity contribution < 1.29 is 4.74 Å². The fraction of sp³-hybridized carbons (Fsp3) is 0.160. The minimum absolute atomic E-state index is 0.192. The maximum atomic E-state index is 13.2. The van der Waals surface area contributed by atoms with E-state index in [-0.39, 0.29) is 11.1 Å². The Hall–Kier alpha value is -4.53. The van der Waals surface area contributed by atoms with Gasteiger partial charge in [-0.05, 0) is 42.7 Å². The lowest BCUT2D eigenvalue weighted by atomic mass is 10.1. The molecule has 0 radical (unpaired) electrons. The summed E-state index contributed by atoms with van der Waals surface area (Å²) in [5.74, 6) is 0.793. The van der Waals surface area contributed by atoms with E-state index >= 15 is 0 Å². The molecule has 9 heteroatoms. The van der Waals surface area contributed by atoms with Crippen molar-refractivity contribution in [2.45, 2.75) is 19.9 Å². The van der Waals surface area contributed by atoms with E-state index in [1.54, 1.807) is 22.5 Å². The molecule has 0 saturated carbocycles. The van der Waals surface area contributed by atoms with Gasteiger partial charge in [0.15, 0.2) is 16.8 Å². The van der Waals surface area contributed by atoms with E-state index in [0.717, 1.165) is 39.0 Å². The molecule has 0 saturated heterocycles. The van der Waals surface area contributed by atoms with Gasteiger partial charge in [-0.1, -0.05) is 30.3 Å². The van der Waals surface area contributed by atoms with Crippen molar-refractivity contribution in [1.82, 2.24) is 34.3 Å². The molecule has 6 aromatic rings. The lowest BCUT2D eigenvalue weighted by Crippen LogP contribution is -2.23. The number of rotatable bonds is 5. The lowest BCUT2D eigenvalue weighted by Gasteiger charge is -2.07. The Labute approximate surface area is 193 Å². The summed E-state index contributed by atoms with van der Waals surface area (Å²) in [7, 11) is 1.65. The first-order chi connectivity index (χ1) is 16.6. The zero-order chi connectivity index (χ0) is 23.2. The molecule has 0 atom stereocenters. The number of hydrogen-bond donors (Lipinski definition) is 1. The summed E-state index contributed by atoms with van der Waals surface area (Å²) in [6, 6.07) is 15.8. The highest BCUT2D eigenvalue weighted by Gasteiger charge is 2.18. The van der Waals surface area contributed by atoms with Crippen LogP contribution in [0.1, 0.15) is 11.3 Å². The van der Waals surface area contributed by atoms with Gasteiger partial charge in [-0.15, -0.1) is 10.2 Å². The number of hydrogen-bond acceptors (Lipinski definition) is 6. The van der Waals surface area contributed by atoms with Crippen molar-refractivity contribution in [3.05, 3.63) is 82.7 Å². The van der Waals surface area contributed by atoms with Gasteiger partial charge in [0.05, 0.1) is 18.4 Å². The molecule has 9 nitrogen and oxygen atoms in total. The Morgan fingerprint density at radius 3 is 2.74 bits per heavy atom. The lowest BCUT2D eigenvalue weighted by molar-refractivity contribution is 0.415. The van der Waals surface area contributed by atoms with Crippen molar-refractivity contribution >= 4 is 27.7 Å². The van der Waals surface area contributed by atoms with E-state index in [4.69, 9.17) is 4.74 Å². The van der Waals surface area contributed by atoms with E-state index in [0.29, 0.717) is 24.3 Å². The van der Waals surface area contributed by atoms with E-state index < -0.39 is 0 Å². The summed E-state index contributed by atoms with van der Waals surface area (Å²) in [4.78, 5) is 21.0. The number of nitrogens with one attached hydrogen (secondary N) is 1. The number of nitrogens with zero attached hydrogens (tertiary/aromatic N) is 6. The van der Waals surface area contributed by atoms with Gasteiger partial charge in [0.2, 0.25) is 0 Å². The fourth-order valence-corrected chi connectivity index (χ4v) is 4.40. The largest absolute Gasteiger partial charge is 0.497 e. The third-order valence-corrected chi connectivity index (χ3v) is 6.14. The first-order valence-corrected chi connectivity index (χ1v) is 10.9. The van der Waals surface area contributed by atoms with Crippen LogP contribution in [0.5, 0.6) is 5.75 Å². The van der Waals surface area contributed by atoms with Crippen LogP contribution in [0.2, 0.25) is 0 Å². The molecule has 0 unspecified atom stereocenters. The van der Waals surface area contributed by atoms with Gasteiger partial charge >= 0.3 is 0 Å². The van der Waals surface area contributed by atoms with Crippen LogP contribution < -0.4 is 10.3 Å². The number of H-pyrrole nitrogens is 1. The highest BCUT2D eigenvalue weighted by Crippen LogP contribution is 2.27. The van der Waals surface area contributed by atoms with Gasteiger partial charge < -0.3 is 9.72 Å². The summed E-state index contributed by atoms with van der Waals surface area (Å²) in [5, 5.41) is 14.3. The molecule has 0 fully saturated rings. The molecule has 0 aliphatic heterocycles. The maximum Gasteiger partial charge on any atom is 0.283 e. The third-order valence-electron chi connectivity index (χ3n) is 6.14. The topological polar surface area (TPSA) is 103 Å². The van der Waals surface area contributed by atoms with Gasteiger partial charge in [0.25, 0.3) is 5.56 Å². The molecule has 0 aliphatic carbocycles. The van der Waals surface area contributed by atoms with Crippen molar-refractivity contribution in [2.24, 2.45) is 0 Å². The SMILES string of the molecule is COc1ccc2[nH]cc(CCn3cnc4c(nnc5c(-c6ccccc6)c(C)nn54)c3=O)c2c1. The molecule has 34 heavy (non-hydrogen) atoms. The number of aromatic nitrogens is 7. The molecule has 0 amide bonds. The number of aromatic amines is 1. The molecule has 1 N–H and O–H groups in total. The smallest absolute Gasteiger partial charge is 0.283 e. The van der Waals surface area contributed by atoms with Crippen LogP contribution in [0.15, 0.2) is 65.8 Å². The van der Waals surface area contributed by atoms with Crippen molar-refractivity contribution in [3.63, 3.8) is 0 Å². The van der Waals surface area contributed by atoms with Gasteiger partial charge in [-0.2, -0.15) is 9.61 Å². The molecule has 0 bridgehead atoms. The van der Waals surface area contributed by atoms with Crippen LogP contribution in [0.4, 0.5) is 0 Å². The standard InChI is InChI=1S/C25H21N7O2/c1-15-21(16-6-4-3-5-7-16)23-29-28-22-24(32(23)30-15)27-14-31(25(22)33)11-10-17-13-26-20-9-8-18(34-2)12-19(17)20/h3-9,12-14,26H,10-11H2,1-2H3. The molecule has 0 aliphatic rings. The number of ether oxygens (including phenoxy) is 1.